The van der Waals surface area contributed by atoms with Crippen LogP contribution < -0.4 is 4.74 Å². The maximum absolute atomic E-state index is 13.4. The van der Waals surface area contributed by atoms with Crippen LogP contribution in [0.4, 0.5) is 0 Å². The number of benzene rings is 1. The van der Waals surface area contributed by atoms with Crippen molar-refractivity contribution in [3.63, 3.8) is 0 Å². The Morgan fingerprint density at radius 1 is 1.30 bits per heavy atom. The summed E-state index contributed by atoms with van der Waals surface area (Å²) in [7, 11) is 1.75. The second-order valence-corrected chi connectivity index (χ2v) is 8.44. The van der Waals surface area contributed by atoms with Gasteiger partial charge >= 0.3 is 0 Å². The van der Waals surface area contributed by atoms with Crippen molar-refractivity contribution in [3.8, 4) is 17.7 Å². The Morgan fingerprint density at radius 3 is 2.67 bits per heavy atom. The molecular weight excluding hydrogens is 418 g/mol. The van der Waals surface area contributed by atoms with Gasteiger partial charge in [0.15, 0.2) is 0 Å². The zero-order chi connectivity index (χ0) is 24.0. The van der Waals surface area contributed by atoms with E-state index in [1.54, 1.807) is 36.0 Å². The highest BCUT2D eigenvalue weighted by atomic mass is 16.5. The fraction of sp³-hybridized carbons (Fsp3) is 0.423. The molecule has 1 aromatic carbocycles. The number of likely N-dealkylation sites (N-methyl/N-ethyl adjacent to an activating group) is 1. The standard InChI is InChI=1S/C26H31N3O4/c1-5-24(31)28(4)16-23-18(2)15-29(19(3)17-30)26(32)22-13-21(14-27-25(22)33-23)12-11-20-9-7-6-8-10-20/h6-10,13-14,18-19,23,30H,5,15-17H2,1-4H3/t18-,19+,23-/m1/s1. The predicted molar refractivity (Wildman–Crippen MR) is 126 cm³/mol. The lowest BCUT2D eigenvalue weighted by atomic mass is 9.99. The summed E-state index contributed by atoms with van der Waals surface area (Å²) in [4.78, 5) is 33.3. The molecule has 0 saturated carbocycles. The van der Waals surface area contributed by atoms with Gasteiger partial charge in [-0.15, -0.1) is 0 Å². The van der Waals surface area contributed by atoms with Gasteiger partial charge in [0.1, 0.15) is 11.7 Å². The maximum Gasteiger partial charge on any atom is 0.259 e. The van der Waals surface area contributed by atoms with E-state index in [1.807, 2.05) is 44.2 Å². The summed E-state index contributed by atoms with van der Waals surface area (Å²) in [6.07, 6.45) is 1.63. The van der Waals surface area contributed by atoms with Crippen molar-refractivity contribution in [3.05, 3.63) is 59.3 Å². The molecule has 0 bridgehead atoms. The van der Waals surface area contributed by atoms with Crippen molar-refractivity contribution in [2.75, 3.05) is 26.7 Å². The maximum atomic E-state index is 13.4. The molecule has 1 N–H and O–H groups in total. The Morgan fingerprint density at radius 2 is 2.00 bits per heavy atom. The highest BCUT2D eigenvalue weighted by Gasteiger charge is 2.34. The molecule has 3 rings (SSSR count). The Hall–Kier alpha value is -3.37. The number of carbonyl (C=O) groups excluding carboxylic acids is 2. The summed E-state index contributed by atoms with van der Waals surface area (Å²) in [5.74, 6) is 6.03. The van der Waals surface area contributed by atoms with Crippen LogP contribution in [0.15, 0.2) is 42.6 Å². The lowest BCUT2D eigenvalue weighted by molar-refractivity contribution is -0.131. The van der Waals surface area contributed by atoms with E-state index >= 15 is 0 Å². The molecule has 0 saturated heterocycles. The minimum Gasteiger partial charge on any atom is -0.472 e. The number of pyridine rings is 1. The summed E-state index contributed by atoms with van der Waals surface area (Å²) < 4.78 is 6.20. The number of aromatic nitrogens is 1. The normalized spacial score (nSPS) is 18.7. The monoisotopic (exact) mass is 449 g/mol. The van der Waals surface area contributed by atoms with E-state index in [9.17, 15) is 14.7 Å². The van der Waals surface area contributed by atoms with Crippen molar-refractivity contribution >= 4 is 11.8 Å². The van der Waals surface area contributed by atoms with Gasteiger partial charge in [0.2, 0.25) is 11.8 Å². The number of fused-ring (bicyclic) bond motifs is 1. The zero-order valence-corrected chi connectivity index (χ0v) is 19.6. The Kier molecular flexibility index (Phi) is 8.07. The molecule has 3 atom stereocenters. The van der Waals surface area contributed by atoms with Gasteiger partial charge in [-0.2, -0.15) is 0 Å². The number of hydrogen-bond donors (Lipinski definition) is 1. The van der Waals surface area contributed by atoms with Crippen molar-refractivity contribution in [1.82, 2.24) is 14.8 Å². The zero-order valence-electron chi connectivity index (χ0n) is 19.6. The minimum atomic E-state index is -0.374. The van der Waals surface area contributed by atoms with Crippen LogP contribution >= 0.6 is 0 Å². The number of aliphatic hydroxyl groups excluding tert-OH is 1. The van der Waals surface area contributed by atoms with Crippen LogP contribution in [0.2, 0.25) is 0 Å². The smallest absolute Gasteiger partial charge is 0.259 e. The molecule has 0 fully saturated rings. The van der Waals surface area contributed by atoms with Crippen LogP contribution in [0.3, 0.4) is 0 Å². The van der Waals surface area contributed by atoms with E-state index in [-0.39, 0.29) is 42.4 Å². The third-order valence-electron chi connectivity index (χ3n) is 5.83. The number of carbonyl (C=O) groups is 2. The van der Waals surface area contributed by atoms with Crippen molar-refractivity contribution in [2.24, 2.45) is 5.92 Å². The molecule has 2 amide bonds. The van der Waals surface area contributed by atoms with Gasteiger partial charge in [0.25, 0.3) is 5.91 Å². The molecule has 0 aliphatic carbocycles. The van der Waals surface area contributed by atoms with Crippen LogP contribution in [0.25, 0.3) is 0 Å². The molecule has 7 heteroatoms. The summed E-state index contributed by atoms with van der Waals surface area (Å²) in [5.41, 5.74) is 1.76. The second-order valence-electron chi connectivity index (χ2n) is 8.44. The number of nitrogens with zero attached hydrogens (tertiary/aromatic N) is 3. The van der Waals surface area contributed by atoms with E-state index in [0.29, 0.717) is 30.6 Å². The number of hydrogen-bond acceptors (Lipinski definition) is 5. The fourth-order valence-corrected chi connectivity index (χ4v) is 3.70. The summed E-state index contributed by atoms with van der Waals surface area (Å²) in [6, 6.07) is 10.9. The van der Waals surface area contributed by atoms with Gasteiger partial charge < -0.3 is 19.6 Å². The topological polar surface area (TPSA) is 83.0 Å². The SMILES string of the molecule is CCC(=O)N(C)C[C@H]1Oc2ncc(C#Cc3ccccc3)cc2C(=O)N([C@@H](C)CO)C[C@H]1C. The third kappa shape index (κ3) is 5.91. The molecular formula is C26H31N3O4. The van der Waals surface area contributed by atoms with Crippen LogP contribution in [0, 0.1) is 17.8 Å². The molecule has 0 spiro atoms. The number of ether oxygens (including phenoxy) is 1. The molecule has 0 unspecified atom stereocenters. The average Bonchev–Trinajstić information content (AvgIpc) is 2.84. The van der Waals surface area contributed by atoms with Gasteiger partial charge in [-0.25, -0.2) is 4.98 Å². The second kappa shape index (κ2) is 11.0. The van der Waals surface area contributed by atoms with E-state index in [2.05, 4.69) is 16.8 Å². The molecule has 0 radical (unpaired) electrons. The van der Waals surface area contributed by atoms with E-state index < -0.39 is 0 Å². The fourth-order valence-electron chi connectivity index (χ4n) is 3.70. The number of aliphatic hydroxyl groups is 1. The molecule has 2 heterocycles. The van der Waals surface area contributed by atoms with Crippen molar-refractivity contribution in [2.45, 2.75) is 39.3 Å². The van der Waals surface area contributed by atoms with Gasteiger partial charge in [-0.1, -0.05) is 43.9 Å². The molecule has 1 aliphatic heterocycles. The van der Waals surface area contributed by atoms with E-state index in [1.165, 1.54) is 0 Å². The van der Waals surface area contributed by atoms with Crippen LogP contribution in [-0.2, 0) is 4.79 Å². The van der Waals surface area contributed by atoms with Crippen molar-refractivity contribution < 1.29 is 19.4 Å². The first-order valence-electron chi connectivity index (χ1n) is 11.2. The highest BCUT2D eigenvalue weighted by molar-refractivity contribution is 5.97. The van der Waals surface area contributed by atoms with Crippen LogP contribution in [0.1, 0.15) is 48.7 Å². The average molecular weight is 450 g/mol. The van der Waals surface area contributed by atoms with E-state index in [0.717, 1.165) is 5.56 Å². The lowest BCUT2D eigenvalue weighted by Gasteiger charge is -2.37. The summed E-state index contributed by atoms with van der Waals surface area (Å²) in [5, 5.41) is 9.77. The molecule has 1 aliphatic rings. The largest absolute Gasteiger partial charge is 0.472 e. The summed E-state index contributed by atoms with van der Waals surface area (Å²) in [6.45, 7) is 6.21. The highest BCUT2D eigenvalue weighted by Crippen LogP contribution is 2.27. The first-order chi connectivity index (χ1) is 15.8. The first-order valence-corrected chi connectivity index (χ1v) is 11.2. The minimum absolute atomic E-state index is 0.0178. The third-order valence-corrected chi connectivity index (χ3v) is 5.83. The molecule has 2 aromatic rings. The van der Waals surface area contributed by atoms with E-state index in [4.69, 9.17) is 4.74 Å². The predicted octanol–water partition coefficient (Wildman–Crippen LogP) is 2.57. The first kappa shape index (κ1) is 24.3. The van der Waals surface area contributed by atoms with Gasteiger partial charge in [-0.3, -0.25) is 9.59 Å². The lowest BCUT2D eigenvalue weighted by Crippen LogP contribution is -2.50. The molecule has 1 aromatic heterocycles. The Labute approximate surface area is 195 Å². The quantitative estimate of drug-likeness (QED) is 0.710. The summed E-state index contributed by atoms with van der Waals surface area (Å²) >= 11 is 0. The van der Waals surface area contributed by atoms with Gasteiger partial charge in [-0.05, 0) is 25.1 Å². The van der Waals surface area contributed by atoms with Crippen molar-refractivity contribution in [1.29, 1.82) is 0 Å². The van der Waals surface area contributed by atoms with Gasteiger partial charge in [0.05, 0.1) is 19.2 Å². The molecule has 7 nitrogen and oxygen atoms in total. The van der Waals surface area contributed by atoms with Crippen LogP contribution in [0.5, 0.6) is 5.88 Å². The van der Waals surface area contributed by atoms with Crippen LogP contribution in [-0.4, -0.2) is 70.6 Å². The molecule has 33 heavy (non-hydrogen) atoms. The number of rotatable bonds is 5. The molecule has 174 valence electrons. The van der Waals surface area contributed by atoms with Gasteiger partial charge in [0, 0.05) is 43.3 Å². The number of amides is 2. The Bertz CT molecular complexity index is 1040. The Balaban J connectivity index is 1.98.